The summed E-state index contributed by atoms with van der Waals surface area (Å²) in [6.07, 6.45) is 3.48. The van der Waals surface area contributed by atoms with Crippen LogP contribution in [-0.2, 0) is 21.4 Å². The molecule has 0 radical (unpaired) electrons. The standard InChI is InChI=1S/C30H32ClN3O4S/c31-26-12-8-23(9-13-26)22-34(39(37,38)28-6-2-1-3-7-28)27-14-10-24(11-15-27)29(35)33-20-16-25(17-21-33)30(36)32-18-4-5-19-32/h1-3,6-15,25H,4-5,16-22H2. The minimum Gasteiger partial charge on any atom is -0.342 e. The number of hydrogen-bond donors (Lipinski definition) is 0. The van der Waals surface area contributed by atoms with E-state index in [0.717, 1.165) is 31.5 Å². The van der Waals surface area contributed by atoms with Crippen LogP contribution in [0.25, 0.3) is 0 Å². The van der Waals surface area contributed by atoms with Gasteiger partial charge in [-0.3, -0.25) is 13.9 Å². The van der Waals surface area contributed by atoms with Crippen LogP contribution in [0.5, 0.6) is 0 Å². The molecule has 0 aliphatic carbocycles. The van der Waals surface area contributed by atoms with Crippen molar-refractivity contribution in [1.82, 2.24) is 9.80 Å². The Morgan fingerprint density at radius 2 is 1.41 bits per heavy atom. The second-order valence-electron chi connectivity index (χ2n) is 10.1. The molecule has 3 aromatic rings. The lowest BCUT2D eigenvalue weighted by atomic mass is 9.95. The Kier molecular flexibility index (Phi) is 8.23. The molecule has 3 aromatic carbocycles. The molecule has 2 heterocycles. The van der Waals surface area contributed by atoms with E-state index in [0.29, 0.717) is 42.2 Å². The molecule has 2 aliphatic heterocycles. The van der Waals surface area contributed by atoms with Gasteiger partial charge in [0.1, 0.15) is 0 Å². The second kappa shape index (κ2) is 11.8. The molecule has 0 saturated carbocycles. The maximum atomic E-state index is 13.6. The SMILES string of the molecule is O=C(c1ccc(N(Cc2ccc(Cl)cc2)S(=O)(=O)c2ccccc2)cc1)N1CCC(C(=O)N2CCCC2)CC1. The largest absolute Gasteiger partial charge is 0.342 e. The van der Waals surface area contributed by atoms with Crippen LogP contribution in [-0.4, -0.2) is 56.2 Å². The van der Waals surface area contributed by atoms with Gasteiger partial charge in [0.2, 0.25) is 5.91 Å². The van der Waals surface area contributed by atoms with Crippen molar-refractivity contribution in [2.75, 3.05) is 30.5 Å². The Morgan fingerprint density at radius 1 is 0.795 bits per heavy atom. The minimum absolute atomic E-state index is 0.0147. The van der Waals surface area contributed by atoms with Gasteiger partial charge in [-0.2, -0.15) is 0 Å². The smallest absolute Gasteiger partial charge is 0.264 e. The molecule has 5 rings (SSSR count). The highest BCUT2D eigenvalue weighted by molar-refractivity contribution is 7.92. The molecule has 9 heteroatoms. The molecular weight excluding hydrogens is 534 g/mol. The van der Waals surface area contributed by atoms with Crippen LogP contribution in [0, 0.1) is 5.92 Å². The summed E-state index contributed by atoms with van der Waals surface area (Å²) in [5.74, 6) is 0.104. The molecule has 39 heavy (non-hydrogen) atoms. The van der Waals surface area contributed by atoms with Crippen molar-refractivity contribution in [2.24, 2.45) is 5.92 Å². The fraction of sp³-hybridized carbons (Fsp3) is 0.333. The van der Waals surface area contributed by atoms with Gasteiger partial charge in [-0.25, -0.2) is 8.42 Å². The topological polar surface area (TPSA) is 78.0 Å². The van der Waals surface area contributed by atoms with E-state index < -0.39 is 10.0 Å². The van der Waals surface area contributed by atoms with Crippen LogP contribution < -0.4 is 4.31 Å². The maximum absolute atomic E-state index is 13.6. The molecule has 204 valence electrons. The number of hydrogen-bond acceptors (Lipinski definition) is 4. The Labute approximate surface area is 235 Å². The number of amides is 2. The Balaban J connectivity index is 1.32. The number of likely N-dealkylation sites (tertiary alicyclic amines) is 2. The summed E-state index contributed by atoms with van der Waals surface area (Å²) in [6, 6.07) is 22.0. The van der Waals surface area contributed by atoms with Gasteiger partial charge in [-0.1, -0.05) is 41.9 Å². The van der Waals surface area contributed by atoms with E-state index in [1.54, 1.807) is 83.8 Å². The lowest BCUT2D eigenvalue weighted by Gasteiger charge is -2.33. The molecule has 2 amide bonds. The van der Waals surface area contributed by atoms with Gasteiger partial charge < -0.3 is 9.80 Å². The van der Waals surface area contributed by atoms with Crippen LogP contribution in [0.1, 0.15) is 41.6 Å². The van der Waals surface area contributed by atoms with Crippen LogP contribution in [0.3, 0.4) is 0 Å². The summed E-state index contributed by atoms with van der Waals surface area (Å²) in [5, 5.41) is 0.573. The predicted molar refractivity (Wildman–Crippen MR) is 152 cm³/mol. The van der Waals surface area contributed by atoms with Gasteiger partial charge in [0.05, 0.1) is 17.1 Å². The van der Waals surface area contributed by atoms with E-state index in [4.69, 9.17) is 11.6 Å². The van der Waals surface area contributed by atoms with Crippen molar-refractivity contribution in [1.29, 1.82) is 0 Å². The van der Waals surface area contributed by atoms with Gasteiger partial charge in [0.15, 0.2) is 0 Å². The first-order valence-corrected chi connectivity index (χ1v) is 15.1. The van der Waals surface area contributed by atoms with E-state index in [-0.39, 0.29) is 29.2 Å². The highest BCUT2D eigenvalue weighted by atomic mass is 35.5. The molecule has 0 aromatic heterocycles. The maximum Gasteiger partial charge on any atom is 0.264 e. The zero-order valence-corrected chi connectivity index (χ0v) is 23.3. The van der Waals surface area contributed by atoms with E-state index in [1.165, 1.54) is 4.31 Å². The number of carbonyl (C=O) groups is 2. The van der Waals surface area contributed by atoms with E-state index >= 15 is 0 Å². The number of rotatable bonds is 7. The number of nitrogens with zero attached hydrogens (tertiary/aromatic N) is 3. The summed E-state index contributed by atoms with van der Waals surface area (Å²) in [4.78, 5) is 29.9. The summed E-state index contributed by atoms with van der Waals surface area (Å²) < 4.78 is 28.6. The number of carbonyl (C=O) groups excluding carboxylic acids is 2. The first-order chi connectivity index (χ1) is 18.8. The number of halogens is 1. The van der Waals surface area contributed by atoms with Gasteiger partial charge in [-0.05, 0) is 79.8 Å². The summed E-state index contributed by atoms with van der Waals surface area (Å²) >= 11 is 6.03. The van der Waals surface area contributed by atoms with Gasteiger partial charge in [-0.15, -0.1) is 0 Å². The van der Waals surface area contributed by atoms with Crippen LogP contribution in [0.4, 0.5) is 5.69 Å². The zero-order chi connectivity index (χ0) is 27.4. The molecule has 0 atom stereocenters. The van der Waals surface area contributed by atoms with E-state index in [9.17, 15) is 18.0 Å². The molecule has 0 spiro atoms. The third-order valence-corrected chi connectivity index (χ3v) is 9.56. The first-order valence-electron chi connectivity index (χ1n) is 13.3. The van der Waals surface area contributed by atoms with Crippen molar-refractivity contribution in [2.45, 2.75) is 37.1 Å². The molecule has 2 fully saturated rings. The van der Waals surface area contributed by atoms with Crippen molar-refractivity contribution in [3.05, 3.63) is 95.0 Å². The highest BCUT2D eigenvalue weighted by Crippen LogP contribution is 2.28. The number of benzene rings is 3. The molecule has 0 N–H and O–H groups in total. The quantitative estimate of drug-likeness (QED) is 0.394. The predicted octanol–water partition coefficient (Wildman–Crippen LogP) is 5.21. The van der Waals surface area contributed by atoms with E-state index in [2.05, 4.69) is 0 Å². The zero-order valence-electron chi connectivity index (χ0n) is 21.7. The van der Waals surface area contributed by atoms with Gasteiger partial charge in [0, 0.05) is 42.7 Å². The summed E-state index contributed by atoms with van der Waals surface area (Å²) in [6.45, 7) is 2.88. The minimum atomic E-state index is -3.87. The number of anilines is 1. The lowest BCUT2D eigenvalue weighted by molar-refractivity contribution is -0.135. The number of sulfonamides is 1. The summed E-state index contributed by atoms with van der Waals surface area (Å²) in [5.41, 5.74) is 1.73. The number of piperidine rings is 1. The molecule has 0 bridgehead atoms. The normalized spacial score (nSPS) is 16.3. The molecule has 2 saturated heterocycles. The van der Waals surface area contributed by atoms with Crippen molar-refractivity contribution < 1.29 is 18.0 Å². The monoisotopic (exact) mass is 565 g/mol. The van der Waals surface area contributed by atoms with Crippen LogP contribution >= 0.6 is 11.6 Å². The highest BCUT2D eigenvalue weighted by Gasteiger charge is 2.32. The van der Waals surface area contributed by atoms with Crippen molar-refractivity contribution in [3.8, 4) is 0 Å². The van der Waals surface area contributed by atoms with Crippen molar-refractivity contribution in [3.63, 3.8) is 0 Å². The third-order valence-electron chi connectivity index (χ3n) is 7.52. The molecule has 0 unspecified atom stereocenters. The molecule has 7 nitrogen and oxygen atoms in total. The van der Waals surface area contributed by atoms with Gasteiger partial charge >= 0.3 is 0 Å². The Morgan fingerprint density at radius 3 is 2.03 bits per heavy atom. The first kappa shape index (κ1) is 27.2. The Hall–Kier alpha value is -3.36. The Bertz CT molecular complexity index is 1400. The van der Waals surface area contributed by atoms with E-state index in [1.807, 2.05) is 4.90 Å². The van der Waals surface area contributed by atoms with Crippen molar-refractivity contribution >= 4 is 39.1 Å². The average Bonchev–Trinajstić information content (AvgIpc) is 3.52. The fourth-order valence-corrected chi connectivity index (χ4v) is 6.87. The van der Waals surface area contributed by atoms with Gasteiger partial charge in [0.25, 0.3) is 15.9 Å². The summed E-state index contributed by atoms with van der Waals surface area (Å²) in [7, 11) is -3.87. The molecule has 2 aliphatic rings. The second-order valence-corrected chi connectivity index (χ2v) is 12.4. The van der Waals surface area contributed by atoms with Crippen LogP contribution in [0.15, 0.2) is 83.8 Å². The third kappa shape index (κ3) is 6.12. The fourth-order valence-electron chi connectivity index (χ4n) is 5.27. The lowest BCUT2D eigenvalue weighted by Crippen LogP contribution is -2.43. The molecular formula is C30H32ClN3O4S. The average molecular weight is 566 g/mol. The van der Waals surface area contributed by atoms with Crippen LogP contribution in [0.2, 0.25) is 5.02 Å².